The van der Waals surface area contributed by atoms with Crippen LogP contribution in [0.3, 0.4) is 0 Å². The van der Waals surface area contributed by atoms with Gasteiger partial charge in [-0.05, 0) is 30.9 Å². The van der Waals surface area contributed by atoms with Crippen LogP contribution >= 0.6 is 0 Å². The molecule has 1 amide bonds. The normalized spacial score (nSPS) is 16.1. The van der Waals surface area contributed by atoms with E-state index in [-0.39, 0.29) is 18.5 Å². The molecule has 1 aromatic rings. The average Bonchev–Trinajstić information content (AvgIpc) is 3.23. The van der Waals surface area contributed by atoms with Crippen molar-refractivity contribution in [1.29, 1.82) is 0 Å². The summed E-state index contributed by atoms with van der Waals surface area (Å²) >= 11 is 0. The minimum Gasteiger partial charge on any atom is -0.481 e. The van der Waals surface area contributed by atoms with Gasteiger partial charge in [0.1, 0.15) is 0 Å². The Labute approximate surface area is 125 Å². The van der Waals surface area contributed by atoms with Crippen LogP contribution in [0.5, 0.6) is 0 Å². The van der Waals surface area contributed by atoms with Crippen LogP contribution < -0.4 is 5.32 Å². The van der Waals surface area contributed by atoms with E-state index in [1.807, 2.05) is 0 Å². The summed E-state index contributed by atoms with van der Waals surface area (Å²) in [7, 11) is 0. The van der Waals surface area contributed by atoms with Crippen LogP contribution in [-0.2, 0) is 11.2 Å². The van der Waals surface area contributed by atoms with Crippen molar-refractivity contribution in [3.05, 3.63) is 35.4 Å². The van der Waals surface area contributed by atoms with Crippen molar-refractivity contribution in [1.82, 2.24) is 5.32 Å². The highest BCUT2D eigenvalue weighted by atomic mass is 19.4. The Kier molecular flexibility index (Phi) is 4.44. The molecule has 1 saturated carbocycles. The highest BCUT2D eigenvalue weighted by Crippen LogP contribution is 2.45. The number of carbonyl (C=O) groups excluding carboxylic acids is 1. The third-order valence-electron chi connectivity index (χ3n) is 3.83. The van der Waals surface area contributed by atoms with Crippen molar-refractivity contribution in [2.24, 2.45) is 5.41 Å². The maximum atomic E-state index is 12.3. The summed E-state index contributed by atoms with van der Waals surface area (Å²) < 4.78 is 36.9. The van der Waals surface area contributed by atoms with E-state index in [9.17, 15) is 22.8 Å². The molecule has 7 heteroatoms. The third-order valence-corrected chi connectivity index (χ3v) is 3.83. The molecular formula is C15H16F3NO3. The maximum Gasteiger partial charge on any atom is 0.389 e. The topological polar surface area (TPSA) is 66.4 Å². The van der Waals surface area contributed by atoms with E-state index in [1.54, 1.807) is 12.1 Å². The Balaban J connectivity index is 2.02. The summed E-state index contributed by atoms with van der Waals surface area (Å²) in [5.74, 6) is -1.50. The monoisotopic (exact) mass is 315 g/mol. The van der Waals surface area contributed by atoms with E-state index >= 15 is 0 Å². The number of halogens is 3. The van der Waals surface area contributed by atoms with Gasteiger partial charge in [-0.2, -0.15) is 13.2 Å². The third kappa shape index (κ3) is 3.99. The molecule has 0 heterocycles. The first kappa shape index (κ1) is 16.3. The van der Waals surface area contributed by atoms with Crippen LogP contribution in [0.25, 0.3) is 0 Å². The van der Waals surface area contributed by atoms with Crippen molar-refractivity contribution >= 4 is 11.9 Å². The number of carboxylic acid groups (broad SMARTS) is 1. The summed E-state index contributed by atoms with van der Waals surface area (Å²) in [6.45, 7) is -0.00519. The fourth-order valence-electron chi connectivity index (χ4n) is 2.20. The molecule has 1 aliphatic rings. The zero-order chi connectivity index (χ0) is 16.4. The molecule has 2 rings (SSSR count). The number of aryl methyl sites for hydroxylation is 1. The largest absolute Gasteiger partial charge is 0.481 e. The van der Waals surface area contributed by atoms with Crippen LogP contribution in [0, 0.1) is 5.41 Å². The molecule has 120 valence electrons. The first-order valence-electron chi connectivity index (χ1n) is 6.90. The van der Waals surface area contributed by atoms with Crippen LogP contribution in [-0.4, -0.2) is 29.7 Å². The first-order valence-corrected chi connectivity index (χ1v) is 6.90. The standard InChI is InChI=1S/C15H16F3NO3/c16-15(17,18)6-5-10-3-1-2-4-11(10)12(20)19-9-14(7-8-14)13(21)22/h1-4H,5-9H2,(H,19,20)(H,21,22). The molecule has 0 saturated heterocycles. The summed E-state index contributed by atoms with van der Waals surface area (Å²) in [5, 5.41) is 11.6. The van der Waals surface area contributed by atoms with E-state index in [0.29, 0.717) is 18.4 Å². The predicted octanol–water partition coefficient (Wildman–Crippen LogP) is 2.78. The lowest BCUT2D eigenvalue weighted by Gasteiger charge is -2.14. The van der Waals surface area contributed by atoms with Crippen LogP contribution in [0.2, 0.25) is 0 Å². The minimum absolute atomic E-state index is 0.00519. The zero-order valence-electron chi connectivity index (χ0n) is 11.7. The van der Waals surface area contributed by atoms with Gasteiger partial charge in [-0.3, -0.25) is 9.59 Å². The molecule has 0 aliphatic heterocycles. The molecular weight excluding hydrogens is 299 g/mol. The number of nitrogens with one attached hydrogen (secondary N) is 1. The SMILES string of the molecule is O=C(NCC1(C(=O)O)CC1)c1ccccc1CCC(F)(F)F. The number of alkyl halides is 3. The number of hydrogen-bond acceptors (Lipinski definition) is 2. The van der Waals surface area contributed by atoms with Gasteiger partial charge < -0.3 is 10.4 Å². The maximum absolute atomic E-state index is 12.3. The molecule has 2 N–H and O–H groups in total. The van der Waals surface area contributed by atoms with Gasteiger partial charge in [-0.15, -0.1) is 0 Å². The molecule has 0 atom stereocenters. The molecule has 1 aliphatic carbocycles. The van der Waals surface area contributed by atoms with Crippen molar-refractivity contribution in [2.45, 2.75) is 31.9 Å². The summed E-state index contributed by atoms with van der Waals surface area (Å²) in [5.41, 5.74) is -0.443. The van der Waals surface area contributed by atoms with Gasteiger partial charge in [0, 0.05) is 18.5 Å². The number of benzene rings is 1. The number of amides is 1. The molecule has 0 spiro atoms. The Morgan fingerprint density at radius 2 is 1.86 bits per heavy atom. The van der Waals surface area contributed by atoms with E-state index < -0.39 is 29.9 Å². The quantitative estimate of drug-likeness (QED) is 0.848. The summed E-state index contributed by atoms with van der Waals surface area (Å²) in [6, 6.07) is 6.06. The van der Waals surface area contributed by atoms with E-state index in [0.717, 1.165) is 0 Å². The van der Waals surface area contributed by atoms with E-state index in [4.69, 9.17) is 5.11 Å². The summed E-state index contributed by atoms with van der Waals surface area (Å²) in [4.78, 5) is 23.1. The fourth-order valence-corrected chi connectivity index (χ4v) is 2.20. The van der Waals surface area contributed by atoms with E-state index in [1.165, 1.54) is 12.1 Å². The molecule has 1 aromatic carbocycles. The van der Waals surface area contributed by atoms with Crippen molar-refractivity contribution in [3.63, 3.8) is 0 Å². The highest BCUT2D eigenvalue weighted by molar-refractivity contribution is 5.96. The van der Waals surface area contributed by atoms with E-state index in [2.05, 4.69) is 5.32 Å². The van der Waals surface area contributed by atoms with Gasteiger partial charge in [0.2, 0.25) is 0 Å². The second-order valence-corrected chi connectivity index (χ2v) is 5.54. The number of carboxylic acids is 1. The van der Waals surface area contributed by atoms with Gasteiger partial charge in [0.15, 0.2) is 0 Å². The molecule has 1 fully saturated rings. The lowest BCUT2D eigenvalue weighted by molar-refractivity contribution is -0.143. The molecule has 0 aromatic heterocycles. The minimum atomic E-state index is -4.29. The van der Waals surface area contributed by atoms with Gasteiger partial charge >= 0.3 is 12.1 Å². The molecule has 22 heavy (non-hydrogen) atoms. The second kappa shape index (κ2) is 5.98. The Morgan fingerprint density at radius 3 is 2.41 bits per heavy atom. The molecule has 0 radical (unpaired) electrons. The van der Waals surface area contributed by atoms with Crippen molar-refractivity contribution in [3.8, 4) is 0 Å². The predicted molar refractivity (Wildman–Crippen MR) is 72.5 cm³/mol. The zero-order valence-corrected chi connectivity index (χ0v) is 11.7. The molecule has 0 unspecified atom stereocenters. The fraction of sp³-hybridized carbons (Fsp3) is 0.467. The van der Waals surface area contributed by atoms with Crippen molar-refractivity contribution < 1.29 is 27.9 Å². The summed E-state index contributed by atoms with van der Waals surface area (Å²) in [6.07, 6.45) is -4.57. The van der Waals surface area contributed by atoms with Crippen LogP contribution in [0.1, 0.15) is 35.2 Å². The number of rotatable bonds is 6. The number of hydrogen-bond donors (Lipinski definition) is 2. The van der Waals surface area contributed by atoms with Gasteiger partial charge in [0.05, 0.1) is 5.41 Å². The Bertz CT molecular complexity index is 580. The number of aliphatic carboxylic acids is 1. The Morgan fingerprint density at radius 1 is 1.23 bits per heavy atom. The van der Waals surface area contributed by atoms with Gasteiger partial charge in [0.25, 0.3) is 5.91 Å². The van der Waals surface area contributed by atoms with Crippen LogP contribution in [0.4, 0.5) is 13.2 Å². The lowest BCUT2D eigenvalue weighted by atomic mass is 10.0. The molecule has 4 nitrogen and oxygen atoms in total. The average molecular weight is 315 g/mol. The highest BCUT2D eigenvalue weighted by Gasteiger charge is 2.50. The van der Waals surface area contributed by atoms with Crippen molar-refractivity contribution in [2.75, 3.05) is 6.54 Å². The van der Waals surface area contributed by atoms with Gasteiger partial charge in [-0.1, -0.05) is 18.2 Å². The first-order chi connectivity index (χ1) is 10.2. The molecule has 0 bridgehead atoms. The smallest absolute Gasteiger partial charge is 0.389 e. The van der Waals surface area contributed by atoms with Gasteiger partial charge in [-0.25, -0.2) is 0 Å². The van der Waals surface area contributed by atoms with Crippen LogP contribution in [0.15, 0.2) is 24.3 Å². The Hall–Kier alpha value is -2.05. The second-order valence-electron chi connectivity index (χ2n) is 5.54. The number of carbonyl (C=O) groups is 2. The lowest BCUT2D eigenvalue weighted by Crippen LogP contribution is -2.34.